The van der Waals surface area contributed by atoms with Gasteiger partial charge in [-0.3, -0.25) is 9.11 Å². The smallest absolute Gasteiger partial charge is 0.291 e. The first-order valence-corrected chi connectivity index (χ1v) is 7.29. The van der Waals surface area contributed by atoms with E-state index in [-0.39, 0.29) is 6.42 Å². The van der Waals surface area contributed by atoms with E-state index in [1.807, 2.05) is 0 Å². The Kier molecular flexibility index (Phi) is 8.09. The molecule has 0 aromatic carbocycles. The third-order valence-corrected chi connectivity index (χ3v) is 3.07. The Morgan fingerprint density at radius 1 is 1.06 bits per heavy atom. The van der Waals surface area contributed by atoms with E-state index in [4.69, 9.17) is 19.3 Å². The topological polar surface area (TPSA) is 149 Å². The summed E-state index contributed by atoms with van der Waals surface area (Å²) in [7, 11) is -8.17. The summed E-state index contributed by atoms with van der Waals surface area (Å²) in [6.07, 6.45) is -0.983. The highest BCUT2D eigenvalue weighted by Gasteiger charge is 2.15. The maximum absolute atomic E-state index is 9.87. The van der Waals surface area contributed by atoms with Crippen LogP contribution in [-0.2, 0) is 20.2 Å². The number of hydrogen-bond acceptors (Lipinski definition) is 6. The van der Waals surface area contributed by atoms with E-state index < -0.39 is 37.5 Å². The lowest BCUT2D eigenvalue weighted by Crippen LogP contribution is -2.17. The molecular formula is C6H16O8S2. The minimum atomic E-state index is -4.20. The highest BCUT2D eigenvalue weighted by molar-refractivity contribution is 7.86. The van der Waals surface area contributed by atoms with Gasteiger partial charge in [-0.25, -0.2) is 0 Å². The standard InChI is InChI=1S/2C3H8O4S/c1-3(4)2-8(5,6)7;1-2-3(4)8(5,6)7/h2*3-4H,2H2,1H3,(H,5,6,7). The van der Waals surface area contributed by atoms with E-state index in [0.717, 1.165) is 0 Å². The van der Waals surface area contributed by atoms with E-state index in [1.54, 1.807) is 0 Å². The minimum Gasteiger partial charge on any atom is -0.392 e. The highest BCUT2D eigenvalue weighted by atomic mass is 32.2. The molecule has 16 heavy (non-hydrogen) atoms. The molecule has 0 spiro atoms. The van der Waals surface area contributed by atoms with Gasteiger partial charge >= 0.3 is 0 Å². The van der Waals surface area contributed by atoms with Crippen molar-refractivity contribution >= 4 is 20.2 Å². The van der Waals surface area contributed by atoms with Crippen molar-refractivity contribution in [2.75, 3.05) is 5.75 Å². The Labute approximate surface area is 94.4 Å². The Morgan fingerprint density at radius 2 is 1.44 bits per heavy atom. The van der Waals surface area contributed by atoms with Crippen molar-refractivity contribution in [2.24, 2.45) is 0 Å². The fraction of sp³-hybridized carbons (Fsp3) is 1.00. The van der Waals surface area contributed by atoms with Crippen LogP contribution in [0.1, 0.15) is 20.3 Å². The van der Waals surface area contributed by atoms with E-state index in [0.29, 0.717) is 0 Å². The van der Waals surface area contributed by atoms with Crippen molar-refractivity contribution in [3.8, 4) is 0 Å². The molecule has 0 fully saturated rings. The quantitative estimate of drug-likeness (QED) is 0.472. The summed E-state index contributed by atoms with van der Waals surface area (Å²) in [6.45, 7) is 2.74. The fourth-order valence-electron chi connectivity index (χ4n) is 0.515. The van der Waals surface area contributed by atoms with Gasteiger partial charge in [0.2, 0.25) is 0 Å². The summed E-state index contributed by atoms with van der Waals surface area (Å²) in [5, 5.41) is 16.7. The molecule has 0 radical (unpaired) electrons. The summed E-state index contributed by atoms with van der Waals surface area (Å²) < 4.78 is 55.4. The second-order valence-corrected chi connectivity index (χ2v) is 6.05. The van der Waals surface area contributed by atoms with Gasteiger partial charge in [-0.1, -0.05) is 6.92 Å². The molecule has 0 aliphatic heterocycles. The van der Waals surface area contributed by atoms with Gasteiger partial charge in [-0.2, -0.15) is 16.8 Å². The second kappa shape index (κ2) is 7.14. The van der Waals surface area contributed by atoms with Crippen LogP contribution in [0.5, 0.6) is 0 Å². The summed E-state index contributed by atoms with van der Waals surface area (Å²) >= 11 is 0. The lowest BCUT2D eigenvalue weighted by molar-refractivity contribution is 0.215. The lowest BCUT2D eigenvalue weighted by atomic mass is 10.5. The molecule has 2 unspecified atom stereocenters. The second-order valence-electron chi connectivity index (χ2n) is 2.98. The summed E-state index contributed by atoms with van der Waals surface area (Å²) in [4.78, 5) is 0. The average Bonchev–Trinajstić information content (AvgIpc) is 1.97. The third kappa shape index (κ3) is 13.7. The molecule has 8 nitrogen and oxygen atoms in total. The van der Waals surface area contributed by atoms with Crippen LogP contribution in [0.4, 0.5) is 0 Å². The van der Waals surface area contributed by atoms with Gasteiger partial charge in [-0.15, -0.1) is 0 Å². The average molecular weight is 280 g/mol. The number of aliphatic hydroxyl groups is 2. The monoisotopic (exact) mass is 280 g/mol. The van der Waals surface area contributed by atoms with E-state index >= 15 is 0 Å². The van der Waals surface area contributed by atoms with Crippen molar-refractivity contribution in [2.45, 2.75) is 31.8 Å². The van der Waals surface area contributed by atoms with Crippen LogP contribution in [0.25, 0.3) is 0 Å². The van der Waals surface area contributed by atoms with Crippen LogP contribution in [0, 0.1) is 0 Å². The summed E-state index contributed by atoms with van der Waals surface area (Å²) in [5.74, 6) is -0.590. The van der Waals surface area contributed by atoms with Gasteiger partial charge in [0.15, 0.2) is 5.44 Å². The van der Waals surface area contributed by atoms with E-state index in [2.05, 4.69) is 0 Å². The molecule has 100 valence electrons. The molecule has 0 saturated carbocycles. The van der Waals surface area contributed by atoms with Crippen LogP contribution in [0.15, 0.2) is 0 Å². The van der Waals surface area contributed by atoms with E-state index in [9.17, 15) is 16.8 Å². The normalized spacial score (nSPS) is 15.9. The first kappa shape index (κ1) is 18.1. The minimum absolute atomic E-state index is 0.0127. The SMILES string of the molecule is CC(O)CS(=O)(=O)O.CCC(O)S(=O)(=O)O. The largest absolute Gasteiger partial charge is 0.392 e. The van der Waals surface area contributed by atoms with Crippen LogP contribution >= 0.6 is 0 Å². The summed E-state index contributed by atoms with van der Waals surface area (Å²) in [5.41, 5.74) is -1.62. The number of aliphatic hydroxyl groups excluding tert-OH is 2. The molecule has 0 aromatic heterocycles. The Bertz CT molecular complexity index is 367. The first-order valence-electron chi connectivity index (χ1n) is 4.17. The molecule has 10 heteroatoms. The molecule has 0 aliphatic carbocycles. The van der Waals surface area contributed by atoms with E-state index in [1.165, 1.54) is 13.8 Å². The zero-order valence-corrected chi connectivity index (χ0v) is 10.4. The van der Waals surface area contributed by atoms with Gasteiger partial charge in [0, 0.05) is 0 Å². The van der Waals surface area contributed by atoms with Gasteiger partial charge in [0.05, 0.1) is 6.10 Å². The predicted molar refractivity (Wildman–Crippen MR) is 55.9 cm³/mol. The lowest BCUT2D eigenvalue weighted by Gasteiger charge is -1.99. The molecule has 0 rings (SSSR count). The first-order chi connectivity index (χ1) is 6.90. The van der Waals surface area contributed by atoms with Gasteiger partial charge in [0.25, 0.3) is 20.2 Å². The van der Waals surface area contributed by atoms with Crippen LogP contribution in [0.3, 0.4) is 0 Å². The van der Waals surface area contributed by atoms with Crippen molar-refractivity contribution in [1.29, 1.82) is 0 Å². The zero-order chi connectivity index (χ0) is 13.6. The van der Waals surface area contributed by atoms with Gasteiger partial charge in [0.1, 0.15) is 5.75 Å². The van der Waals surface area contributed by atoms with Gasteiger partial charge in [-0.05, 0) is 13.3 Å². The van der Waals surface area contributed by atoms with Crippen LogP contribution in [-0.4, -0.2) is 53.4 Å². The number of rotatable bonds is 4. The zero-order valence-electron chi connectivity index (χ0n) is 8.81. The Morgan fingerprint density at radius 3 is 1.44 bits per heavy atom. The number of hydrogen-bond donors (Lipinski definition) is 4. The molecule has 0 bridgehead atoms. The van der Waals surface area contributed by atoms with Crippen LogP contribution in [0.2, 0.25) is 0 Å². The fourth-order valence-corrected chi connectivity index (χ4v) is 1.55. The van der Waals surface area contributed by atoms with Crippen molar-refractivity contribution in [3.05, 3.63) is 0 Å². The molecule has 4 N–H and O–H groups in total. The predicted octanol–water partition coefficient (Wildman–Crippen LogP) is -1.14. The summed E-state index contributed by atoms with van der Waals surface area (Å²) in [6, 6.07) is 0. The molecule has 0 saturated heterocycles. The molecule has 0 amide bonds. The van der Waals surface area contributed by atoms with Crippen LogP contribution < -0.4 is 0 Å². The van der Waals surface area contributed by atoms with Gasteiger partial charge < -0.3 is 10.2 Å². The third-order valence-electron chi connectivity index (χ3n) is 1.14. The molecule has 2 atom stereocenters. The van der Waals surface area contributed by atoms with Crippen molar-refractivity contribution in [1.82, 2.24) is 0 Å². The highest BCUT2D eigenvalue weighted by Crippen LogP contribution is 1.96. The Hall–Kier alpha value is -0.260. The molecular weight excluding hydrogens is 264 g/mol. The molecule has 0 heterocycles. The molecule has 0 aromatic rings. The van der Waals surface area contributed by atoms with Crippen molar-refractivity contribution in [3.63, 3.8) is 0 Å². The molecule has 0 aliphatic rings. The maximum Gasteiger partial charge on any atom is 0.291 e. The van der Waals surface area contributed by atoms with Crippen molar-refractivity contribution < 1.29 is 36.2 Å². The Balaban J connectivity index is 0. The maximum atomic E-state index is 9.87.